The average molecular weight is 255 g/mol. The molecule has 0 heterocycles. The van der Waals surface area contributed by atoms with Gasteiger partial charge in [-0.2, -0.15) is 0 Å². The second-order valence-electron chi connectivity index (χ2n) is 4.25. The lowest BCUT2D eigenvalue weighted by Crippen LogP contribution is -2.28. The van der Waals surface area contributed by atoms with Crippen molar-refractivity contribution in [2.45, 2.75) is 32.1 Å². The summed E-state index contributed by atoms with van der Waals surface area (Å²) in [4.78, 5) is 0. The first-order chi connectivity index (χ1) is 8.06. The van der Waals surface area contributed by atoms with Gasteiger partial charge in [-0.05, 0) is 18.9 Å². The van der Waals surface area contributed by atoms with Gasteiger partial charge in [0.1, 0.15) is 0 Å². The molecule has 0 saturated heterocycles. The first-order valence-corrected chi connectivity index (χ1v) is 7.74. The SMILES string of the molecule is CCC(C)S(=O)(=O)CCNCc1ccccc1. The van der Waals surface area contributed by atoms with Crippen LogP contribution in [0.4, 0.5) is 0 Å². The summed E-state index contributed by atoms with van der Waals surface area (Å²) in [7, 11) is -2.93. The van der Waals surface area contributed by atoms with E-state index in [1.807, 2.05) is 37.3 Å². The molecule has 0 amide bonds. The van der Waals surface area contributed by atoms with E-state index in [-0.39, 0.29) is 11.0 Å². The van der Waals surface area contributed by atoms with Crippen LogP contribution in [0.2, 0.25) is 0 Å². The van der Waals surface area contributed by atoms with E-state index in [1.165, 1.54) is 5.56 Å². The fourth-order valence-electron chi connectivity index (χ4n) is 1.50. The van der Waals surface area contributed by atoms with E-state index in [4.69, 9.17) is 0 Å². The number of hydrogen-bond donors (Lipinski definition) is 1. The summed E-state index contributed by atoms with van der Waals surface area (Å²) in [5.74, 6) is 0.217. The average Bonchev–Trinajstić information content (AvgIpc) is 2.35. The molecule has 1 aromatic rings. The van der Waals surface area contributed by atoms with Crippen LogP contribution < -0.4 is 5.32 Å². The molecule has 0 aliphatic rings. The molecule has 4 heteroatoms. The smallest absolute Gasteiger partial charge is 0.154 e. The van der Waals surface area contributed by atoms with Crippen LogP contribution in [0.3, 0.4) is 0 Å². The molecule has 1 unspecified atom stereocenters. The lowest BCUT2D eigenvalue weighted by atomic mass is 10.2. The van der Waals surface area contributed by atoms with E-state index in [0.29, 0.717) is 13.0 Å². The molecule has 17 heavy (non-hydrogen) atoms. The molecular weight excluding hydrogens is 234 g/mol. The molecule has 96 valence electrons. The van der Waals surface area contributed by atoms with E-state index >= 15 is 0 Å². The van der Waals surface area contributed by atoms with E-state index in [2.05, 4.69) is 5.32 Å². The fourth-order valence-corrected chi connectivity index (χ4v) is 2.84. The molecule has 0 spiro atoms. The van der Waals surface area contributed by atoms with Crippen molar-refractivity contribution < 1.29 is 8.42 Å². The zero-order valence-electron chi connectivity index (χ0n) is 10.5. The second kappa shape index (κ2) is 6.77. The third-order valence-electron chi connectivity index (χ3n) is 2.92. The van der Waals surface area contributed by atoms with Gasteiger partial charge in [-0.3, -0.25) is 0 Å². The Morgan fingerprint density at radius 1 is 1.24 bits per heavy atom. The number of rotatable bonds is 7. The van der Waals surface area contributed by atoms with Gasteiger partial charge in [-0.25, -0.2) is 8.42 Å². The van der Waals surface area contributed by atoms with Gasteiger partial charge in [0.05, 0.1) is 11.0 Å². The minimum absolute atomic E-state index is 0.217. The number of benzene rings is 1. The molecule has 0 aliphatic heterocycles. The van der Waals surface area contributed by atoms with Crippen molar-refractivity contribution in [3.05, 3.63) is 35.9 Å². The quantitative estimate of drug-likeness (QED) is 0.758. The minimum atomic E-state index is -2.93. The van der Waals surface area contributed by atoms with Crippen LogP contribution in [0.5, 0.6) is 0 Å². The van der Waals surface area contributed by atoms with Gasteiger partial charge in [-0.1, -0.05) is 37.3 Å². The summed E-state index contributed by atoms with van der Waals surface area (Å²) in [6.45, 7) is 4.91. The Labute approximate surface area is 104 Å². The summed E-state index contributed by atoms with van der Waals surface area (Å²) in [6.07, 6.45) is 0.682. The number of sulfone groups is 1. The largest absolute Gasteiger partial charge is 0.312 e. The minimum Gasteiger partial charge on any atom is -0.312 e. The van der Waals surface area contributed by atoms with Gasteiger partial charge < -0.3 is 5.32 Å². The van der Waals surface area contributed by atoms with E-state index in [1.54, 1.807) is 6.92 Å². The third-order valence-corrected chi connectivity index (χ3v) is 5.26. The van der Waals surface area contributed by atoms with Crippen LogP contribution in [0.15, 0.2) is 30.3 Å². The highest BCUT2D eigenvalue weighted by atomic mass is 32.2. The zero-order chi connectivity index (χ0) is 12.7. The molecule has 1 N–H and O–H groups in total. The van der Waals surface area contributed by atoms with Crippen LogP contribution in [0, 0.1) is 0 Å². The van der Waals surface area contributed by atoms with Gasteiger partial charge in [-0.15, -0.1) is 0 Å². The Hall–Kier alpha value is -0.870. The van der Waals surface area contributed by atoms with Gasteiger partial charge in [0, 0.05) is 13.1 Å². The lowest BCUT2D eigenvalue weighted by molar-refractivity contribution is 0.576. The van der Waals surface area contributed by atoms with Crippen molar-refractivity contribution in [3.63, 3.8) is 0 Å². The van der Waals surface area contributed by atoms with Crippen molar-refractivity contribution in [2.75, 3.05) is 12.3 Å². The summed E-state index contributed by atoms with van der Waals surface area (Å²) in [5, 5.41) is 2.92. The Balaban J connectivity index is 2.30. The van der Waals surface area contributed by atoms with Gasteiger partial charge in [0.2, 0.25) is 0 Å². The molecular formula is C13H21NO2S. The molecule has 0 radical (unpaired) electrons. The van der Waals surface area contributed by atoms with Gasteiger partial charge in [0.15, 0.2) is 9.84 Å². The first kappa shape index (κ1) is 14.2. The van der Waals surface area contributed by atoms with Gasteiger partial charge in [0.25, 0.3) is 0 Å². The van der Waals surface area contributed by atoms with Crippen LogP contribution in [-0.2, 0) is 16.4 Å². The van der Waals surface area contributed by atoms with Crippen LogP contribution >= 0.6 is 0 Å². The van der Waals surface area contributed by atoms with Crippen LogP contribution in [-0.4, -0.2) is 26.0 Å². The van der Waals surface area contributed by atoms with Crippen molar-refractivity contribution in [3.8, 4) is 0 Å². The zero-order valence-corrected chi connectivity index (χ0v) is 11.3. The first-order valence-electron chi connectivity index (χ1n) is 6.02. The monoisotopic (exact) mass is 255 g/mol. The molecule has 0 bridgehead atoms. The van der Waals surface area contributed by atoms with E-state index < -0.39 is 9.84 Å². The maximum absolute atomic E-state index is 11.7. The normalized spacial score (nSPS) is 13.5. The van der Waals surface area contributed by atoms with Crippen LogP contribution in [0.25, 0.3) is 0 Å². The second-order valence-corrected chi connectivity index (χ2v) is 6.79. The summed E-state index contributed by atoms with van der Waals surface area (Å²) in [6, 6.07) is 9.98. The molecule has 0 saturated carbocycles. The predicted molar refractivity (Wildman–Crippen MR) is 71.7 cm³/mol. The highest BCUT2D eigenvalue weighted by Crippen LogP contribution is 2.05. The summed E-state index contributed by atoms with van der Waals surface area (Å²) in [5.41, 5.74) is 1.17. The van der Waals surface area contributed by atoms with Crippen LogP contribution in [0.1, 0.15) is 25.8 Å². The molecule has 1 aromatic carbocycles. The standard InChI is InChI=1S/C13H21NO2S/c1-3-12(2)17(15,16)10-9-14-11-13-7-5-4-6-8-13/h4-8,12,14H,3,9-11H2,1-2H3. The highest BCUT2D eigenvalue weighted by molar-refractivity contribution is 7.92. The molecule has 1 rings (SSSR count). The van der Waals surface area contributed by atoms with E-state index in [0.717, 1.165) is 6.54 Å². The Kier molecular flexibility index (Phi) is 5.65. The van der Waals surface area contributed by atoms with Gasteiger partial charge >= 0.3 is 0 Å². The Morgan fingerprint density at radius 3 is 2.47 bits per heavy atom. The van der Waals surface area contributed by atoms with E-state index in [9.17, 15) is 8.42 Å². The molecule has 0 aromatic heterocycles. The Bertz CT molecular complexity index is 414. The third kappa shape index (κ3) is 4.88. The van der Waals surface area contributed by atoms with Crippen molar-refractivity contribution >= 4 is 9.84 Å². The number of nitrogens with one attached hydrogen (secondary N) is 1. The molecule has 1 atom stereocenters. The molecule has 3 nitrogen and oxygen atoms in total. The highest BCUT2D eigenvalue weighted by Gasteiger charge is 2.17. The fraction of sp³-hybridized carbons (Fsp3) is 0.538. The maximum Gasteiger partial charge on any atom is 0.154 e. The topological polar surface area (TPSA) is 46.2 Å². The summed E-state index contributed by atoms with van der Waals surface area (Å²) >= 11 is 0. The maximum atomic E-state index is 11.7. The van der Waals surface area contributed by atoms with Crippen molar-refractivity contribution in [2.24, 2.45) is 0 Å². The Morgan fingerprint density at radius 2 is 1.88 bits per heavy atom. The molecule has 0 fully saturated rings. The number of hydrogen-bond acceptors (Lipinski definition) is 3. The summed E-state index contributed by atoms with van der Waals surface area (Å²) < 4.78 is 23.5. The van der Waals surface area contributed by atoms with Crippen molar-refractivity contribution in [1.82, 2.24) is 5.32 Å². The molecule has 0 aliphatic carbocycles. The predicted octanol–water partition coefficient (Wildman–Crippen LogP) is 1.99. The van der Waals surface area contributed by atoms with Crippen molar-refractivity contribution in [1.29, 1.82) is 0 Å². The lowest BCUT2D eigenvalue weighted by Gasteiger charge is -2.11.